The molecule has 3 rings (SSSR count). The first-order valence-electron chi connectivity index (χ1n) is 6.95. The zero-order valence-corrected chi connectivity index (χ0v) is 12.2. The minimum Gasteiger partial charge on any atom is -0.356 e. The number of aromatic nitrogens is 1. The van der Waals surface area contributed by atoms with Gasteiger partial charge in [-0.1, -0.05) is 24.6 Å². The van der Waals surface area contributed by atoms with Crippen LogP contribution in [-0.4, -0.2) is 18.1 Å². The number of piperidine rings is 1. The Balaban J connectivity index is 2.04. The lowest BCUT2D eigenvalue weighted by molar-refractivity contribution is 0.445. The molecule has 0 saturated carbocycles. The molecular formula is C16H19ClN2. The van der Waals surface area contributed by atoms with Crippen LogP contribution >= 0.6 is 11.6 Å². The van der Waals surface area contributed by atoms with Crippen LogP contribution < -0.4 is 4.90 Å². The summed E-state index contributed by atoms with van der Waals surface area (Å²) < 4.78 is 0. The lowest BCUT2D eigenvalue weighted by Gasteiger charge is -2.32. The molecule has 2 aromatic rings. The number of fused-ring (bicyclic) bond motifs is 1. The Morgan fingerprint density at radius 3 is 2.95 bits per heavy atom. The van der Waals surface area contributed by atoms with Gasteiger partial charge >= 0.3 is 0 Å². The van der Waals surface area contributed by atoms with E-state index in [1.54, 1.807) is 0 Å². The van der Waals surface area contributed by atoms with Crippen molar-refractivity contribution in [2.24, 2.45) is 5.92 Å². The van der Waals surface area contributed by atoms with Gasteiger partial charge in [-0.2, -0.15) is 0 Å². The second kappa shape index (κ2) is 5.01. The lowest BCUT2D eigenvalue weighted by atomic mass is 10.00. The summed E-state index contributed by atoms with van der Waals surface area (Å²) in [4.78, 5) is 7.20. The number of anilines is 1. The van der Waals surface area contributed by atoms with Crippen LogP contribution in [0.1, 0.15) is 25.3 Å². The van der Waals surface area contributed by atoms with Gasteiger partial charge in [-0.05, 0) is 49.4 Å². The molecule has 2 heterocycles. The van der Waals surface area contributed by atoms with Crippen molar-refractivity contribution in [2.45, 2.75) is 26.7 Å². The Morgan fingerprint density at radius 1 is 1.32 bits per heavy atom. The van der Waals surface area contributed by atoms with Gasteiger partial charge in [-0.25, -0.2) is 4.98 Å². The van der Waals surface area contributed by atoms with Crippen molar-refractivity contribution >= 4 is 28.3 Å². The first-order chi connectivity index (χ1) is 9.13. The van der Waals surface area contributed by atoms with Crippen molar-refractivity contribution < 1.29 is 0 Å². The number of hydrogen-bond acceptors (Lipinski definition) is 2. The summed E-state index contributed by atoms with van der Waals surface area (Å²) in [5.41, 5.74) is 2.27. The molecule has 0 aliphatic carbocycles. The van der Waals surface area contributed by atoms with E-state index in [-0.39, 0.29) is 0 Å². The van der Waals surface area contributed by atoms with E-state index in [4.69, 9.17) is 16.6 Å². The van der Waals surface area contributed by atoms with Crippen molar-refractivity contribution in [2.75, 3.05) is 18.0 Å². The van der Waals surface area contributed by atoms with Crippen LogP contribution in [0.4, 0.5) is 5.82 Å². The number of rotatable bonds is 1. The van der Waals surface area contributed by atoms with E-state index in [0.29, 0.717) is 0 Å². The molecule has 1 unspecified atom stereocenters. The average molecular weight is 275 g/mol. The Labute approximate surface area is 119 Å². The van der Waals surface area contributed by atoms with Gasteiger partial charge in [-0.15, -0.1) is 0 Å². The smallest absolute Gasteiger partial charge is 0.129 e. The summed E-state index contributed by atoms with van der Waals surface area (Å²) in [5.74, 6) is 1.85. The van der Waals surface area contributed by atoms with Gasteiger partial charge in [0.1, 0.15) is 5.82 Å². The number of nitrogens with zero attached hydrogens (tertiary/aromatic N) is 2. The van der Waals surface area contributed by atoms with Crippen LogP contribution in [0, 0.1) is 12.8 Å². The maximum atomic E-state index is 6.08. The topological polar surface area (TPSA) is 16.1 Å². The van der Waals surface area contributed by atoms with E-state index in [1.807, 2.05) is 12.1 Å². The first kappa shape index (κ1) is 12.7. The number of hydrogen-bond donors (Lipinski definition) is 0. The Hall–Kier alpha value is -1.28. The molecular weight excluding hydrogens is 256 g/mol. The first-order valence-corrected chi connectivity index (χ1v) is 7.33. The predicted molar refractivity (Wildman–Crippen MR) is 82.1 cm³/mol. The van der Waals surface area contributed by atoms with Gasteiger partial charge < -0.3 is 4.90 Å². The average Bonchev–Trinajstić information content (AvgIpc) is 2.38. The highest BCUT2D eigenvalue weighted by Gasteiger charge is 2.18. The fourth-order valence-corrected chi connectivity index (χ4v) is 3.08. The minimum atomic E-state index is 0.753. The van der Waals surface area contributed by atoms with Crippen LogP contribution in [0.5, 0.6) is 0 Å². The number of pyridine rings is 1. The summed E-state index contributed by atoms with van der Waals surface area (Å²) >= 11 is 6.08. The van der Waals surface area contributed by atoms with Gasteiger partial charge in [0.25, 0.3) is 0 Å². The zero-order chi connectivity index (χ0) is 13.4. The predicted octanol–water partition coefficient (Wildman–Crippen LogP) is 4.43. The van der Waals surface area contributed by atoms with E-state index in [2.05, 4.69) is 30.9 Å². The van der Waals surface area contributed by atoms with Crippen molar-refractivity contribution in [3.8, 4) is 0 Å². The summed E-state index contributed by atoms with van der Waals surface area (Å²) in [7, 11) is 0. The van der Waals surface area contributed by atoms with Gasteiger partial charge in [0.2, 0.25) is 0 Å². The van der Waals surface area contributed by atoms with Crippen molar-refractivity contribution in [1.29, 1.82) is 0 Å². The van der Waals surface area contributed by atoms with Crippen molar-refractivity contribution in [1.82, 2.24) is 4.98 Å². The molecule has 1 aromatic carbocycles. The summed E-state index contributed by atoms with van der Waals surface area (Å²) in [6.45, 7) is 6.69. The number of halogens is 1. The summed E-state index contributed by atoms with van der Waals surface area (Å²) in [6.07, 6.45) is 2.59. The molecule has 19 heavy (non-hydrogen) atoms. The quantitative estimate of drug-likeness (QED) is 0.765. The molecule has 1 aromatic heterocycles. The third-order valence-corrected chi connectivity index (χ3v) is 4.18. The van der Waals surface area contributed by atoms with Crippen LogP contribution in [0.25, 0.3) is 10.9 Å². The van der Waals surface area contributed by atoms with Gasteiger partial charge in [0.15, 0.2) is 0 Å². The van der Waals surface area contributed by atoms with E-state index in [1.165, 1.54) is 23.8 Å². The van der Waals surface area contributed by atoms with Crippen LogP contribution in [0.3, 0.4) is 0 Å². The van der Waals surface area contributed by atoms with Gasteiger partial charge in [0.05, 0.1) is 5.52 Å². The normalized spacial score (nSPS) is 19.9. The fourth-order valence-electron chi connectivity index (χ4n) is 2.92. The van der Waals surface area contributed by atoms with E-state index < -0.39 is 0 Å². The molecule has 1 aliphatic rings. The molecule has 0 bridgehead atoms. The Morgan fingerprint density at radius 2 is 2.16 bits per heavy atom. The molecule has 100 valence electrons. The molecule has 0 amide bonds. The minimum absolute atomic E-state index is 0.753. The molecule has 1 atom stereocenters. The summed E-state index contributed by atoms with van der Waals surface area (Å²) in [5, 5.41) is 1.95. The van der Waals surface area contributed by atoms with E-state index >= 15 is 0 Å². The highest BCUT2D eigenvalue weighted by molar-refractivity contribution is 6.31. The third kappa shape index (κ3) is 2.55. The van der Waals surface area contributed by atoms with E-state index in [0.717, 1.165) is 35.4 Å². The molecule has 1 aliphatic heterocycles. The standard InChI is InChI=1S/C16H19ClN2/c1-11-4-3-7-19(10-11)16-8-12(2)14-6-5-13(17)9-15(14)18-16/h5-6,8-9,11H,3-4,7,10H2,1-2H3. The lowest BCUT2D eigenvalue weighted by Crippen LogP contribution is -2.34. The van der Waals surface area contributed by atoms with Gasteiger partial charge in [0, 0.05) is 23.5 Å². The molecule has 1 saturated heterocycles. The summed E-state index contributed by atoms with van der Waals surface area (Å²) in [6, 6.07) is 8.15. The second-order valence-corrected chi connectivity index (χ2v) is 6.09. The number of aryl methyl sites for hydroxylation is 1. The maximum absolute atomic E-state index is 6.08. The van der Waals surface area contributed by atoms with Crippen LogP contribution in [-0.2, 0) is 0 Å². The number of benzene rings is 1. The van der Waals surface area contributed by atoms with Crippen LogP contribution in [0.15, 0.2) is 24.3 Å². The second-order valence-electron chi connectivity index (χ2n) is 5.65. The highest BCUT2D eigenvalue weighted by atomic mass is 35.5. The van der Waals surface area contributed by atoms with Crippen molar-refractivity contribution in [3.63, 3.8) is 0 Å². The zero-order valence-electron chi connectivity index (χ0n) is 11.5. The maximum Gasteiger partial charge on any atom is 0.129 e. The molecule has 0 radical (unpaired) electrons. The van der Waals surface area contributed by atoms with E-state index in [9.17, 15) is 0 Å². The fraction of sp³-hybridized carbons (Fsp3) is 0.438. The van der Waals surface area contributed by atoms with Crippen LogP contribution in [0.2, 0.25) is 5.02 Å². The van der Waals surface area contributed by atoms with Gasteiger partial charge in [-0.3, -0.25) is 0 Å². The third-order valence-electron chi connectivity index (χ3n) is 3.95. The van der Waals surface area contributed by atoms with Crippen molar-refractivity contribution in [3.05, 3.63) is 34.9 Å². The molecule has 1 fully saturated rings. The SMILES string of the molecule is Cc1cc(N2CCCC(C)C2)nc2cc(Cl)ccc12. The Kier molecular flexibility index (Phi) is 3.36. The largest absolute Gasteiger partial charge is 0.356 e. The molecule has 0 N–H and O–H groups in total. The monoisotopic (exact) mass is 274 g/mol. The highest BCUT2D eigenvalue weighted by Crippen LogP contribution is 2.27. The molecule has 0 spiro atoms. The molecule has 2 nitrogen and oxygen atoms in total. The Bertz CT molecular complexity index is 609. The molecule has 3 heteroatoms.